The van der Waals surface area contributed by atoms with E-state index < -0.39 is 11.5 Å². The molecule has 0 fully saturated rings. The van der Waals surface area contributed by atoms with E-state index in [9.17, 15) is 9.59 Å². The van der Waals surface area contributed by atoms with Crippen molar-refractivity contribution < 1.29 is 9.53 Å². The summed E-state index contributed by atoms with van der Waals surface area (Å²) in [6.45, 7) is 1.90. The molecule has 0 aliphatic rings. The number of aromatic nitrogens is 1. The van der Waals surface area contributed by atoms with Crippen LogP contribution in [0.4, 0.5) is 0 Å². The van der Waals surface area contributed by atoms with E-state index in [0.29, 0.717) is 0 Å². The van der Waals surface area contributed by atoms with Gasteiger partial charge in [-0.25, -0.2) is 4.79 Å². The highest BCUT2D eigenvalue weighted by atomic mass is 16.5. The first kappa shape index (κ1) is 10.4. The summed E-state index contributed by atoms with van der Waals surface area (Å²) in [5, 5.41) is 0.819. The zero-order chi connectivity index (χ0) is 11.7. The van der Waals surface area contributed by atoms with Crippen molar-refractivity contribution in [3.63, 3.8) is 0 Å². The molecule has 2 rings (SSSR count). The number of fused-ring (bicyclic) bond motifs is 1. The van der Waals surface area contributed by atoms with Crippen molar-refractivity contribution in [2.24, 2.45) is 0 Å². The number of esters is 1. The SMILES string of the molecule is COC(=O)c1cc2cccc(C)c2[nH]c1=O. The Kier molecular flexibility index (Phi) is 2.48. The predicted octanol–water partition coefficient (Wildman–Crippen LogP) is 1.62. The molecule has 0 bridgehead atoms. The number of benzene rings is 1. The van der Waals surface area contributed by atoms with Gasteiger partial charge in [0.05, 0.1) is 12.6 Å². The Bertz CT molecular complexity index is 613. The van der Waals surface area contributed by atoms with Gasteiger partial charge in [-0.3, -0.25) is 4.79 Å². The molecule has 0 atom stereocenters. The van der Waals surface area contributed by atoms with Crippen LogP contribution in [0.2, 0.25) is 0 Å². The highest BCUT2D eigenvalue weighted by molar-refractivity contribution is 5.94. The van der Waals surface area contributed by atoms with Gasteiger partial charge in [-0.1, -0.05) is 18.2 Å². The number of rotatable bonds is 1. The third-order valence-electron chi connectivity index (χ3n) is 2.49. The highest BCUT2D eigenvalue weighted by Gasteiger charge is 2.12. The van der Waals surface area contributed by atoms with Crippen LogP contribution in [0.3, 0.4) is 0 Å². The molecular formula is C12H11NO3. The van der Waals surface area contributed by atoms with Gasteiger partial charge in [0, 0.05) is 0 Å². The Morgan fingerprint density at radius 2 is 2.12 bits per heavy atom. The van der Waals surface area contributed by atoms with Crippen molar-refractivity contribution in [1.82, 2.24) is 4.98 Å². The molecule has 2 aromatic rings. The molecule has 0 aliphatic heterocycles. The summed E-state index contributed by atoms with van der Waals surface area (Å²) in [5.74, 6) is -0.621. The quantitative estimate of drug-likeness (QED) is 0.738. The van der Waals surface area contributed by atoms with E-state index in [0.717, 1.165) is 16.5 Å². The van der Waals surface area contributed by atoms with E-state index in [2.05, 4.69) is 9.72 Å². The number of carbonyl (C=O) groups is 1. The van der Waals surface area contributed by atoms with Gasteiger partial charge >= 0.3 is 5.97 Å². The topological polar surface area (TPSA) is 59.2 Å². The number of aromatic amines is 1. The largest absolute Gasteiger partial charge is 0.465 e. The number of nitrogens with one attached hydrogen (secondary N) is 1. The van der Waals surface area contributed by atoms with E-state index in [-0.39, 0.29) is 5.56 Å². The predicted molar refractivity (Wildman–Crippen MR) is 60.6 cm³/mol. The lowest BCUT2D eigenvalue weighted by atomic mass is 10.1. The fourth-order valence-electron chi connectivity index (χ4n) is 1.64. The molecule has 0 saturated heterocycles. The van der Waals surface area contributed by atoms with Crippen molar-refractivity contribution in [3.05, 3.63) is 45.7 Å². The summed E-state index contributed by atoms with van der Waals surface area (Å²) < 4.78 is 4.54. The van der Waals surface area contributed by atoms with Crippen molar-refractivity contribution in [2.45, 2.75) is 6.92 Å². The number of methoxy groups -OCH3 is 1. The first-order chi connectivity index (χ1) is 7.63. The van der Waals surface area contributed by atoms with Gasteiger partial charge in [0.25, 0.3) is 5.56 Å². The molecule has 82 valence electrons. The van der Waals surface area contributed by atoms with Crippen LogP contribution in [0, 0.1) is 6.92 Å². The van der Waals surface area contributed by atoms with Crippen LogP contribution in [0.15, 0.2) is 29.1 Å². The summed E-state index contributed by atoms with van der Waals surface area (Å²) in [6.07, 6.45) is 0. The molecule has 0 aliphatic carbocycles. The third-order valence-corrected chi connectivity index (χ3v) is 2.49. The van der Waals surface area contributed by atoms with E-state index in [4.69, 9.17) is 0 Å². The monoisotopic (exact) mass is 217 g/mol. The number of hydrogen-bond donors (Lipinski definition) is 1. The average Bonchev–Trinajstić information content (AvgIpc) is 2.29. The molecule has 0 spiro atoms. The van der Waals surface area contributed by atoms with Crippen LogP contribution >= 0.6 is 0 Å². The first-order valence-corrected chi connectivity index (χ1v) is 4.84. The zero-order valence-corrected chi connectivity index (χ0v) is 9.03. The molecule has 4 heteroatoms. The van der Waals surface area contributed by atoms with Gasteiger partial charge in [0.1, 0.15) is 5.56 Å². The summed E-state index contributed by atoms with van der Waals surface area (Å²) in [4.78, 5) is 25.6. The highest BCUT2D eigenvalue weighted by Crippen LogP contribution is 2.15. The molecular weight excluding hydrogens is 206 g/mol. The van der Waals surface area contributed by atoms with Crippen LogP contribution in [0.25, 0.3) is 10.9 Å². The van der Waals surface area contributed by atoms with Gasteiger partial charge < -0.3 is 9.72 Å². The zero-order valence-electron chi connectivity index (χ0n) is 9.03. The smallest absolute Gasteiger partial charge is 0.343 e. The van der Waals surface area contributed by atoms with E-state index >= 15 is 0 Å². The number of hydrogen-bond acceptors (Lipinski definition) is 3. The Balaban J connectivity index is 2.78. The number of para-hydroxylation sites is 1. The van der Waals surface area contributed by atoms with Crippen LogP contribution in [0.1, 0.15) is 15.9 Å². The fourth-order valence-corrected chi connectivity index (χ4v) is 1.64. The van der Waals surface area contributed by atoms with Gasteiger partial charge in [-0.15, -0.1) is 0 Å². The standard InChI is InChI=1S/C12H11NO3/c1-7-4-3-5-8-6-9(12(15)16-2)11(14)13-10(7)8/h3-6H,1-2H3,(H,13,14). The number of aryl methyl sites for hydroxylation is 1. The van der Waals surface area contributed by atoms with E-state index in [1.54, 1.807) is 6.07 Å². The maximum Gasteiger partial charge on any atom is 0.343 e. The molecule has 1 aromatic heterocycles. The Morgan fingerprint density at radius 3 is 2.81 bits per heavy atom. The number of pyridine rings is 1. The molecule has 4 nitrogen and oxygen atoms in total. The van der Waals surface area contributed by atoms with Gasteiger partial charge in [0.2, 0.25) is 0 Å². The third kappa shape index (κ3) is 1.58. The first-order valence-electron chi connectivity index (χ1n) is 4.84. The molecule has 1 aromatic carbocycles. The van der Waals surface area contributed by atoms with E-state index in [1.165, 1.54) is 7.11 Å². The summed E-state index contributed by atoms with van der Waals surface area (Å²) >= 11 is 0. The fraction of sp³-hybridized carbons (Fsp3) is 0.167. The molecule has 1 N–H and O–H groups in total. The second kappa shape index (κ2) is 3.81. The average molecular weight is 217 g/mol. The second-order valence-corrected chi connectivity index (χ2v) is 3.54. The minimum absolute atomic E-state index is 0.0283. The number of carbonyl (C=O) groups excluding carboxylic acids is 1. The minimum atomic E-state index is -0.621. The Morgan fingerprint density at radius 1 is 1.38 bits per heavy atom. The Hall–Kier alpha value is -2.10. The van der Waals surface area contributed by atoms with Crippen LogP contribution in [-0.4, -0.2) is 18.1 Å². The summed E-state index contributed by atoms with van der Waals surface area (Å²) in [5.41, 5.74) is 1.32. The lowest BCUT2D eigenvalue weighted by molar-refractivity contribution is 0.0599. The van der Waals surface area contributed by atoms with Gasteiger partial charge in [-0.05, 0) is 23.9 Å². The van der Waals surface area contributed by atoms with Crippen molar-refractivity contribution in [3.8, 4) is 0 Å². The van der Waals surface area contributed by atoms with Crippen molar-refractivity contribution in [1.29, 1.82) is 0 Å². The molecule has 16 heavy (non-hydrogen) atoms. The van der Waals surface area contributed by atoms with Crippen molar-refractivity contribution >= 4 is 16.9 Å². The normalized spacial score (nSPS) is 10.4. The van der Waals surface area contributed by atoms with Crippen LogP contribution in [-0.2, 0) is 4.74 Å². The van der Waals surface area contributed by atoms with Crippen LogP contribution in [0.5, 0.6) is 0 Å². The number of H-pyrrole nitrogens is 1. The molecule has 0 saturated carbocycles. The lowest BCUT2D eigenvalue weighted by Gasteiger charge is -2.03. The summed E-state index contributed by atoms with van der Waals surface area (Å²) in [6, 6.07) is 7.16. The van der Waals surface area contributed by atoms with Crippen molar-refractivity contribution in [2.75, 3.05) is 7.11 Å². The maximum atomic E-state index is 11.6. The minimum Gasteiger partial charge on any atom is -0.465 e. The number of ether oxygens (including phenoxy) is 1. The van der Waals surface area contributed by atoms with Crippen LogP contribution < -0.4 is 5.56 Å². The van der Waals surface area contributed by atoms with Gasteiger partial charge in [-0.2, -0.15) is 0 Å². The summed E-state index contributed by atoms with van der Waals surface area (Å²) in [7, 11) is 1.25. The van der Waals surface area contributed by atoms with Gasteiger partial charge in [0.15, 0.2) is 0 Å². The second-order valence-electron chi connectivity index (χ2n) is 3.54. The Labute approximate surface area is 91.9 Å². The molecule has 0 amide bonds. The molecule has 0 radical (unpaired) electrons. The lowest BCUT2D eigenvalue weighted by Crippen LogP contribution is -2.18. The molecule has 0 unspecified atom stereocenters. The molecule has 1 heterocycles. The maximum absolute atomic E-state index is 11.6. The van der Waals surface area contributed by atoms with E-state index in [1.807, 2.05) is 25.1 Å².